The van der Waals surface area contributed by atoms with Gasteiger partial charge in [0.1, 0.15) is 5.92 Å². The molecule has 0 aromatic heterocycles. The van der Waals surface area contributed by atoms with Crippen LogP contribution >= 0.6 is 0 Å². The van der Waals surface area contributed by atoms with Crippen molar-refractivity contribution in [3.8, 4) is 0 Å². The molecule has 0 bridgehead atoms. The number of nitrogens with two attached hydrogens (primary N) is 1. The SMILES string of the molecule is COCCOCCCNC(=O)C(C(N)=NO)C(C)C. The van der Waals surface area contributed by atoms with Crippen LogP contribution in [0.3, 0.4) is 0 Å². The van der Waals surface area contributed by atoms with Crippen molar-refractivity contribution in [2.24, 2.45) is 22.7 Å². The van der Waals surface area contributed by atoms with Gasteiger partial charge in [-0.25, -0.2) is 0 Å². The van der Waals surface area contributed by atoms with Crippen LogP contribution in [-0.2, 0) is 14.3 Å². The lowest BCUT2D eigenvalue weighted by atomic mass is 9.94. The number of hydrogen-bond acceptors (Lipinski definition) is 5. The molecule has 1 atom stereocenters. The van der Waals surface area contributed by atoms with E-state index in [0.29, 0.717) is 32.8 Å². The van der Waals surface area contributed by atoms with E-state index in [1.54, 1.807) is 7.11 Å². The van der Waals surface area contributed by atoms with Gasteiger partial charge in [-0.05, 0) is 12.3 Å². The zero-order chi connectivity index (χ0) is 14.7. The highest BCUT2D eigenvalue weighted by molar-refractivity contribution is 6.02. The Morgan fingerprint density at radius 3 is 2.58 bits per heavy atom. The van der Waals surface area contributed by atoms with E-state index in [0.717, 1.165) is 0 Å². The van der Waals surface area contributed by atoms with Gasteiger partial charge in [-0.3, -0.25) is 4.79 Å². The summed E-state index contributed by atoms with van der Waals surface area (Å²) in [6, 6.07) is 0. The van der Waals surface area contributed by atoms with Crippen LogP contribution in [0.2, 0.25) is 0 Å². The van der Waals surface area contributed by atoms with Gasteiger partial charge in [0.2, 0.25) is 5.91 Å². The highest BCUT2D eigenvalue weighted by Gasteiger charge is 2.26. The first-order chi connectivity index (χ1) is 9.04. The van der Waals surface area contributed by atoms with E-state index in [1.165, 1.54) is 0 Å². The molecule has 0 aromatic rings. The van der Waals surface area contributed by atoms with E-state index in [2.05, 4.69) is 10.5 Å². The Labute approximate surface area is 114 Å². The number of nitrogens with one attached hydrogen (secondary N) is 1. The predicted octanol–water partition coefficient (Wildman–Crippen LogP) is 0.174. The van der Waals surface area contributed by atoms with Crippen LogP contribution in [0.1, 0.15) is 20.3 Å². The lowest BCUT2D eigenvalue weighted by molar-refractivity contribution is -0.124. The normalized spacial score (nSPS) is 13.6. The fraction of sp³-hybridized carbons (Fsp3) is 0.833. The summed E-state index contributed by atoms with van der Waals surface area (Å²) in [4.78, 5) is 11.9. The fourth-order valence-corrected chi connectivity index (χ4v) is 1.58. The molecular formula is C12H25N3O4. The number of carbonyl (C=O) groups excluding carboxylic acids is 1. The zero-order valence-electron chi connectivity index (χ0n) is 11.9. The van der Waals surface area contributed by atoms with E-state index in [4.69, 9.17) is 20.4 Å². The Morgan fingerprint density at radius 2 is 2.05 bits per heavy atom. The Balaban J connectivity index is 3.89. The van der Waals surface area contributed by atoms with Gasteiger partial charge in [0, 0.05) is 20.3 Å². The van der Waals surface area contributed by atoms with Gasteiger partial charge in [0.05, 0.1) is 13.2 Å². The van der Waals surface area contributed by atoms with Gasteiger partial charge >= 0.3 is 0 Å². The van der Waals surface area contributed by atoms with E-state index < -0.39 is 5.92 Å². The van der Waals surface area contributed by atoms with Crippen molar-refractivity contribution in [3.63, 3.8) is 0 Å². The molecule has 4 N–H and O–H groups in total. The van der Waals surface area contributed by atoms with Crippen molar-refractivity contribution in [3.05, 3.63) is 0 Å². The largest absolute Gasteiger partial charge is 0.409 e. The summed E-state index contributed by atoms with van der Waals surface area (Å²) in [7, 11) is 1.61. The van der Waals surface area contributed by atoms with Crippen LogP contribution in [0.15, 0.2) is 5.16 Å². The molecule has 19 heavy (non-hydrogen) atoms. The minimum absolute atomic E-state index is 0.0335. The van der Waals surface area contributed by atoms with Crippen LogP contribution in [0.5, 0.6) is 0 Å². The average molecular weight is 275 g/mol. The highest BCUT2D eigenvalue weighted by atomic mass is 16.5. The molecule has 0 spiro atoms. The summed E-state index contributed by atoms with van der Waals surface area (Å²) >= 11 is 0. The number of oxime groups is 1. The smallest absolute Gasteiger partial charge is 0.231 e. The maximum absolute atomic E-state index is 11.9. The van der Waals surface area contributed by atoms with Gasteiger partial charge < -0.3 is 25.7 Å². The maximum atomic E-state index is 11.9. The summed E-state index contributed by atoms with van der Waals surface area (Å²) in [6.07, 6.45) is 0.705. The third-order valence-electron chi connectivity index (χ3n) is 2.58. The van der Waals surface area contributed by atoms with Crippen molar-refractivity contribution in [1.82, 2.24) is 5.32 Å². The Morgan fingerprint density at radius 1 is 1.37 bits per heavy atom. The maximum Gasteiger partial charge on any atom is 0.231 e. The van der Waals surface area contributed by atoms with E-state index in [-0.39, 0.29) is 17.7 Å². The molecule has 0 aliphatic rings. The second kappa shape index (κ2) is 10.6. The number of amidine groups is 1. The quantitative estimate of drug-likeness (QED) is 0.173. The summed E-state index contributed by atoms with van der Waals surface area (Å²) in [6.45, 7) is 5.84. The molecule has 0 heterocycles. The summed E-state index contributed by atoms with van der Waals surface area (Å²) < 4.78 is 10.1. The van der Waals surface area contributed by atoms with Crippen molar-refractivity contribution in [2.45, 2.75) is 20.3 Å². The number of amides is 1. The van der Waals surface area contributed by atoms with Gasteiger partial charge in [-0.15, -0.1) is 0 Å². The molecule has 0 radical (unpaired) electrons. The molecule has 0 aliphatic carbocycles. The minimum Gasteiger partial charge on any atom is -0.409 e. The van der Waals surface area contributed by atoms with Crippen LogP contribution in [0, 0.1) is 11.8 Å². The van der Waals surface area contributed by atoms with Gasteiger partial charge in [-0.1, -0.05) is 19.0 Å². The number of methoxy groups -OCH3 is 1. The van der Waals surface area contributed by atoms with Gasteiger partial charge in [0.15, 0.2) is 5.84 Å². The Bertz CT molecular complexity index is 282. The second-order valence-electron chi connectivity index (χ2n) is 4.50. The fourth-order valence-electron chi connectivity index (χ4n) is 1.58. The average Bonchev–Trinajstić information content (AvgIpc) is 2.37. The molecule has 7 nitrogen and oxygen atoms in total. The van der Waals surface area contributed by atoms with Crippen LogP contribution < -0.4 is 11.1 Å². The molecular weight excluding hydrogens is 250 g/mol. The van der Waals surface area contributed by atoms with Crippen molar-refractivity contribution in [1.29, 1.82) is 0 Å². The molecule has 7 heteroatoms. The summed E-state index contributed by atoms with van der Waals surface area (Å²) in [5.41, 5.74) is 5.50. The van der Waals surface area contributed by atoms with Gasteiger partial charge in [0.25, 0.3) is 0 Å². The van der Waals surface area contributed by atoms with Crippen LogP contribution in [0.4, 0.5) is 0 Å². The molecule has 0 aromatic carbocycles. The summed E-state index contributed by atoms with van der Waals surface area (Å²) in [5, 5.41) is 14.3. The monoisotopic (exact) mass is 275 g/mol. The molecule has 1 amide bonds. The van der Waals surface area contributed by atoms with Crippen LogP contribution in [-0.4, -0.2) is 50.4 Å². The van der Waals surface area contributed by atoms with Crippen molar-refractivity contribution in [2.75, 3.05) is 33.5 Å². The number of rotatable bonds is 10. The second-order valence-corrected chi connectivity index (χ2v) is 4.50. The number of carbonyl (C=O) groups is 1. The standard InChI is InChI=1S/C12H25N3O4/c1-9(2)10(11(13)15-17)12(16)14-5-4-6-19-8-7-18-3/h9-10,17H,4-8H2,1-3H3,(H2,13,15)(H,14,16). The first kappa shape index (κ1) is 17.7. The Hall–Kier alpha value is -1.34. The number of hydrogen-bond donors (Lipinski definition) is 3. The highest BCUT2D eigenvalue weighted by Crippen LogP contribution is 2.11. The van der Waals surface area contributed by atoms with E-state index in [9.17, 15) is 4.79 Å². The van der Waals surface area contributed by atoms with Crippen LogP contribution in [0.25, 0.3) is 0 Å². The summed E-state index contributed by atoms with van der Waals surface area (Å²) in [5.74, 6) is -0.945. The zero-order valence-corrected chi connectivity index (χ0v) is 11.9. The molecule has 112 valence electrons. The van der Waals surface area contributed by atoms with Crippen molar-refractivity contribution >= 4 is 11.7 Å². The van der Waals surface area contributed by atoms with E-state index >= 15 is 0 Å². The Kier molecular flexibility index (Phi) is 9.82. The molecule has 1 unspecified atom stereocenters. The third-order valence-corrected chi connectivity index (χ3v) is 2.58. The van der Waals surface area contributed by atoms with Crippen molar-refractivity contribution < 1.29 is 19.5 Å². The third kappa shape index (κ3) is 7.63. The molecule has 0 saturated carbocycles. The lowest BCUT2D eigenvalue weighted by Gasteiger charge is -2.18. The minimum atomic E-state index is -0.612. The first-order valence-electron chi connectivity index (χ1n) is 6.36. The van der Waals surface area contributed by atoms with Gasteiger partial charge in [-0.2, -0.15) is 0 Å². The number of ether oxygens (including phenoxy) is 2. The number of nitrogens with zero attached hydrogens (tertiary/aromatic N) is 1. The topological polar surface area (TPSA) is 106 Å². The molecule has 0 saturated heterocycles. The van der Waals surface area contributed by atoms with E-state index in [1.807, 2.05) is 13.8 Å². The first-order valence-corrected chi connectivity index (χ1v) is 6.36. The predicted molar refractivity (Wildman–Crippen MR) is 72.1 cm³/mol. The molecule has 0 rings (SSSR count). The lowest BCUT2D eigenvalue weighted by Crippen LogP contribution is -2.42. The molecule has 0 fully saturated rings. The molecule has 0 aliphatic heterocycles.